The van der Waals surface area contributed by atoms with E-state index in [0.717, 1.165) is 22.4 Å². The number of halogens is 3. The van der Waals surface area contributed by atoms with Crippen LogP contribution in [-0.4, -0.2) is 15.8 Å². The van der Waals surface area contributed by atoms with E-state index in [2.05, 4.69) is 0 Å². The quantitative estimate of drug-likeness (QED) is 0.471. The molecule has 0 saturated heterocycles. The molecule has 31 heavy (non-hydrogen) atoms. The predicted octanol–water partition coefficient (Wildman–Crippen LogP) is 5.79. The molecule has 0 bridgehead atoms. The summed E-state index contributed by atoms with van der Waals surface area (Å²) < 4.78 is 68.8. The first-order valence-corrected chi connectivity index (χ1v) is 10.3. The molecule has 0 fully saturated rings. The normalized spacial score (nSPS) is 21.6. The van der Waals surface area contributed by atoms with Gasteiger partial charge in [-0.05, 0) is 67.0 Å². The smallest absolute Gasteiger partial charge is 0.171 e. The summed E-state index contributed by atoms with van der Waals surface area (Å²) in [6.45, 7) is 6.73. The van der Waals surface area contributed by atoms with Gasteiger partial charge in [-0.3, -0.25) is 0 Å². The molecule has 1 unspecified atom stereocenters. The Kier molecular flexibility index (Phi) is 3.88. The Bertz CT molecular complexity index is 1290. The zero-order valence-corrected chi connectivity index (χ0v) is 18.6. The number of benzene rings is 2. The van der Waals surface area contributed by atoms with Crippen molar-refractivity contribution in [3.63, 3.8) is 0 Å². The van der Waals surface area contributed by atoms with Crippen LogP contribution in [0, 0.1) is 20.7 Å². The topological polar surface area (TPSA) is 21.7 Å². The third-order valence-corrected chi connectivity index (χ3v) is 6.90. The van der Waals surface area contributed by atoms with Gasteiger partial charge in [0.1, 0.15) is 7.05 Å². The minimum Gasteiger partial charge on any atom is -0.171 e. The number of fused-ring (bicyclic) bond motifs is 3. The Hall–Kier alpha value is -2.63. The Balaban J connectivity index is 2.08. The number of para-hydroxylation sites is 1. The van der Waals surface area contributed by atoms with Crippen LogP contribution in [0.25, 0.3) is 17.1 Å². The predicted molar refractivity (Wildman–Crippen MR) is 115 cm³/mol. The molecule has 2 heterocycles. The second kappa shape index (κ2) is 6.68. The molecule has 3 aromatic rings. The van der Waals surface area contributed by atoms with Crippen LogP contribution < -0.4 is 4.68 Å². The van der Waals surface area contributed by atoms with Gasteiger partial charge < -0.3 is 0 Å². The van der Waals surface area contributed by atoms with Crippen LogP contribution in [-0.2, 0) is 17.9 Å². The number of aromatic nitrogens is 3. The van der Waals surface area contributed by atoms with Crippen molar-refractivity contribution in [1.29, 1.82) is 0 Å². The molecule has 0 saturated carbocycles. The fraction of sp³-hybridized carbons (Fsp3) is 0.440. The Labute approximate surface area is 185 Å². The minimum atomic E-state index is -4.40. The van der Waals surface area contributed by atoms with Crippen molar-refractivity contribution in [2.24, 2.45) is 7.05 Å². The lowest BCUT2D eigenvalue weighted by Gasteiger charge is -2.46. The zero-order chi connectivity index (χ0) is 25.4. The monoisotopic (exact) mass is 431 g/mol. The third kappa shape index (κ3) is 3.19. The molecule has 4 rings (SSSR count). The fourth-order valence-electron chi connectivity index (χ4n) is 4.96. The molecule has 164 valence electrons. The van der Waals surface area contributed by atoms with Gasteiger partial charge in [-0.15, -0.1) is 9.36 Å². The average molecular weight is 432 g/mol. The molecule has 1 aliphatic rings. The summed E-state index contributed by atoms with van der Waals surface area (Å²) in [4.78, 5) is 4.80. The molecule has 1 aliphatic heterocycles. The summed E-state index contributed by atoms with van der Waals surface area (Å²) in [5.41, 5.74) is 1.79. The van der Waals surface area contributed by atoms with Crippen molar-refractivity contribution < 1.29 is 22.0 Å². The average Bonchev–Trinajstić information content (AvgIpc) is 3.02. The maximum Gasteiger partial charge on any atom is 0.390 e. The van der Waals surface area contributed by atoms with Crippen LogP contribution in [0.2, 0.25) is 0 Å². The lowest BCUT2D eigenvalue weighted by Crippen LogP contribution is -2.54. The van der Waals surface area contributed by atoms with E-state index in [1.807, 2.05) is 45.0 Å². The summed E-state index contributed by atoms with van der Waals surface area (Å²) in [5.74, 6) is 0.732. The third-order valence-electron chi connectivity index (χ3n) is 6.90. The van der Waals surface area contributed by atoms with E-state index in [-0.39, 0.29) is 5.56 Å². The molecule has 2 aromatic carbocycles. The van der Waals surface area contributed by atoms with E-state index >= 15 is 0 Å². The van der Waals surface area contributed by atoms with Gasteiger partial charge in [0.05, 0.1) is 23.1 Å². The molecule has 0 spiro atoms. The van der Waals surface area contributed by atoms with Crippen molar-refractivity contribution in [3.05, 3.63) is 64.5 Å². The van der Waals surface area contributed by atoms with Gasteiger partial charge in [-0.2, -0.15) is 13.2 Å². The van der Waals surface area contributed by atoms with E-state index in [1.165, 1.54) is 0 Å². The number of rotatable bonds is 2. The number of hydrogen-bond acceptors (Lipinski definition) is 1. The summed E-state index contributed by atoms with van der Waals surface area (Å²) in [5, 5.41) is 0. The van der Waals surface area contributed by atoms with Crippen LogP contribution in [0.1, 0.15) is 59.4 Å². The van der Waals surface area contributed by atoms with Crippen LogP contribution >= 0.6 is 0 Å². The van der Waals surface area contributed by atoms with Gasteiger partial charge in [0.25, 0.3) is 5.82 Å². The molecular formula is C25H29F3N3+. The van der Waals surface area contributed by atoms with Gasteiger partial charge >= 0.3 is 12.0 Å². The summed E-state index contributed by atoms with van der Waals surface area (Å²) in [6.07, 6.45) is -5.44. The van der Waals surface area contributed by atoms with Gasteiger partial charge in [0.2, 0.25) is 0 Å². The largest absolute Gasteiger partial charge is 0.390 e. The number of nitrogens with zero attached hydrogens (tertiary/aromatic N) is 3. The summed E-state index contributed by atoms with van der Waals surface area (Å²) in [7, 11) is 1.76. The second-order valence-electron chi connectivity index (χ2n) is 9.40. The van der Waals surface area contributed by atoms with E-state index in [0.29, 0.717) is 17.2 Å². The Morgan fingerprint density at radius 2 is 1.77 bits per heavy atom. The highest BCUT2D eigenvalue weighted by molar-refractivity contribution is 5.59. The highest BCUT2D eigenvalue weighted by Gasteiger charge is 2.59. The molecule has 3 nitrogen and oxygen atoms in total. The lowest BCUT2D eigenvalue weighted by atomic mass is 9.58. The van der Waals surface area contributed by atoms with Crippen molar-refractivity contribution >= 4 is 0 Å². The van der Waals surface area contributed by atoms with E-state index in [4.69, 9.17) is 9.10 Å². The standard InChI is InChI=1S/C25H29F3N3/c1-15-11-16(2)13-18(12-15)21-29-22-24(6,14-25(26,27)28)23(4,5)19-10-8-9-17(3)20(19)31(22)30(21)7/h8-13H,14H2,1-7H3/q+1/i1D3. The second-order valence-corrected chi connectivity index (χ2v) is 9.40. The summed E-state index contributed by atoms with van der Waals surface area (Å²) >= 11 is 0. The molecule has 0 N–H and O–H groups in total. The van der Waals surface area contributed by atoms with Gasteiger partial charge in [0, 0.05) is 9.53 Å². The number of hydrogen-bond donors (Lipinski definition) is 0. The highest BCUT2D eigenvalue weighted by Crippen LogP contribution is 2.54. The SMILES string of the molecule is [2H]C([2H])([2H])c1cc(C)cc(-c2nc3n([n+]2C)-c2c(C)cccc2C(C)(C)C3(C)CC(F)(F)F)c1. The Morgan fingerprint density at radius 1 is 1.10 bits per heavy atom. The molecule has 0 amide bonds. The van der Waals surface area contributed by atoms with Crippen LogP contribution in [0.3, 0.4) is 0 Å². The number of alkyl halides is 3. The van der Waals surface area contributed by atoms with Gasteiger partial charge in [0.15, 0.2) is 0 Å². The van der Waals surface area contributed by atoms with E-state index in [1.54, 1.807) is 42.4 Å². The molecule has 1 aromatic heterocycles. The van der Waals surface area contributed by atoms with Crippen LogP contribution in [0.5, 0.6) is 0 Å². The van der Waals surface area contributed by atoms with Crippen molar-refractivity contribution in [2.75, 3.05) is 0 Å². The zero-order valence-electron chi connectivity index (χ0n) is 21.6. The first kappa shape index (κ1) is 18.0. The van der Waals surface area contributed by atoms with E-state index in [9.17, 15) is 13.2 Å². The molecule has 6 heteroatoms. The van der Waals surface area contributed by atoms with Crippen molar-refractivity contribution in [3.8, 4) is 17.1 Å². The van der Waals surface area contributed by atoms with Crippen LogP contribution in [0.15, 0.2) is 36.4 Å². The lowest BCUT2D eigenvalue weighted by molar-refractivity contribution is -0.736. The summed E-state index contributed by atoms with van der Waals surface area (Å²) in [6, 6.07) is 10.7. The molecule has 0 radical (unpaired) electrons. The first-order chi connectivity index (χ1) is 15.5. The molecular weight excluding hydrogens is 399 g/mol. The minimum absolute atomic E-state index is 0.170. The molecule has 0 aliphatic carbocycles. The van der Waals surface area contributed by atoms with Crippen molar-refractivity contribution in [1.82, 2.24) is 9.67 Å². The molecule has 1 atom stereocenters. The van der Waals surface area contributed by atoms with Crippen LogP contribution in [0.4, 0.5) is 13.2 Å². The van der Waals surface area contributed by atoms with Crippen molar-refractivity contribution in [2.45, 2.75) is 64.9 Å². The maximum atomic E-state index is 13.9. The van der Waals surface area contributed by atoms with Gasteiger partial charge in [-0.25, -0.2) is 0 Å². The maximum absolute atomic E-state index is 13.9. The number of aryl methyl sites for hydroxylation is 3. The Morgan fingerprint density at radius 3 is 2.42 bits per heavy atom. The van der Waals surface area contributed by atoms with Gasteiger partial charge in [-0.1, -0.05) is 38.1 Å². The van der Waals surface area contributed by atoms with E-state index < -0.39 is 30.3 Å². The first-order valence-electron chi connectivity index (χ1n) is 11.8. The fourth-order valence-corrected chi connectivity index (χ4v) is 4.96. The highest BCUT2D eigenvalue weighted by atomic mass is 19.4.